The molecular formula is C30H26ClN3O6. The molecule has 0 aliphatic rings. The maximum absolute atomic E-state index is 12.2. The van der Waals surface area contributed by atoms with Crippen molar-refractivity contribution in [2.24, 2.45) is 0 Å². The van der Waals surface area contributed by atoms with Gasteiger partial charge in [0.1, 0.15) is 11.5 Å². The molecule has 0 spiro atoms. The Morgan fingerprint density at radius 3 is 2.17 bits per heavy atom. The topological polar surface area (TPSA) is 123 Å². The molecule has 204 valence electrons. The molecule has 4 rings (SSSR count). The largest absolute Gasteiger partial charge is 0.457 e. The SMILES string of the molecule is O=C(COC(=O)CCCC(=O)Nc1ccc(Oc2ccc3ccccc3c2)cc1)NNC(=O)c1ccccc1Cl. The van der Waals surface area contributed by atoms with E-state index < -0.39 is 24.4 Å². The first-order valence-corrected chi connectivity index (χ1v) is 12.8. The number of hydrogen-bond donors (Lipinski definition) is 3. The summed E-state index contributed by atoms with van der Waals surface area (Å²) in [7, 11) is 0. The highest BCUT2D eigenvalue weighted by molar-refractivity contribution is 6.33. The summed E-state index contributed by atoms with van der Waals surface area (Å²) in [6, 6.07) is 27.2. The second-order valence-electron chi connectivity index (χ2n) is 8.68. The predicted molar refractivity (Wildman–Crippen MR) is 151 cm³/mol. The Hall–Kier alpha value is -4.89. The lowest BCUT2D eigenvalue weighted by atomic mass is 10.1. The summed E-state index contributed by atoms with van der Waals surface area (Å²) < 4.78 is 10.8. The Morgan fingerprint density at radius 2 is 1.40 bits per heavy atom. The van der Waals surface area contributed by atoms with Gasteiger partial charge in [-0.05, 0) is 65.7 Å². The van der Waals surface area contributed by atoms with E-state index in [2.05, 4.69) is 16.2 Å². The van der Waals surface area contributed by atoms with Crippen molar-refractivity contribution < 1.29 is 28.7 Å². The normalized spacial score (nSPS) is 10.4. The summed E-state index contributed by atoms with van der Waals surface area (Å²) >= 11 is 5.92. The Bertz CT molecular complexity index is 1520. The molecule has 3 amide bonds. The predicted octanol–water partition coefficient (Wildman–Crippen LogP) is 5.40. The molecular weight excluding hydrogens is 534 g/mol. The average Bonchev–Trinajstić information content (AvgIpc) is 2.96. The van der Waals surface area contributed by atoms with Gasteiger partial charge < -0.3 is 14.8 Å². The second-order valence-corrected chi connectivity index (χ2v) is 9.09. The zero-order valence-electron chi connectivity index (χ0n) is 21.3. The minimum absolute atomic E-state index is 0.0504. The van der Waals surface area contributed by atoms with Crippen molar-refractivity contribution in [3.63, 3.8) is 0 Å². The summed E-state index contributed by atoms with van der Waals surface area (Å²) in [4.78, 5) is 48.0. The molecule has 0 fully saturated rings. The lowest BCUT2D eigenvalue weighted by Crippen LogP contribution is -2.43. The number of hydrogen-bond acceptors (Lipinski definition) is 6. The lowest BCUT2D eigenvalue weighted by molar-refractivity contribution is -0.148. The van der Waals surface area contributed by atoms with E-state index in [9.17, 15) is 19.2 Å². The Morgan fingerprint density at radius 1 is 0.700 bits per heavy atom. The quantitative estimate of drug-likeness (QED) is 0.177. The van der Waals surface area contributed by atoms with Gasteiger partial charge in [-0.15, -0.1) is 0 Å². The number of benzene rings is 4. The third-order valence-corrected chi connectivity index (χ3v) is 6.01. The average molecular weight is 560 g/mol. The first-order chi connectivity index (χ1) is 19.4. The number of halogens is 1. The number of ether oxygens (including phenoxy) is 2. The van der Waals surface area contributed by atoms with E-state index >= 15 is 0 Å². The Labute approximate surface area is 235 Å². The third kappa shape index (κ3) is 8.31. The number of carbonyl (C=O) groups is 4. The summed E-state index contributed by atoms with van der Waals surface area (Å²) in [5, 5.41) is 5.20. The van der Waals surface area contributed by atoms with Crippen LogP contribution in [0.15, 0.2) is 91.0 Å². The number of amides is 3. The van der Waals surface area contributed by atoms with Crippen molar-refractivity contribution in [3.8, 4) is 11.5 Å². The van der Waals surface area contributed by atoms with Crippen LogP contribution in [0.3, 0.4) is 0 Å². The van der Waals surface area contributed by atoms with Gasteiger partial charge in [0.25, 0.3) is 11.8 Å². The van der Waals surface area contributed by atoms with E-state index in [0.29, 0.717) is 17.2 Å². The van der Waals surface area contributed by atoms with Crippen LogP contribution in [0.5, 0.6) is 11.5 Å². The molecule has 4 aromatic rings. The van der Waals surface area contributed by atoms with Gasteiger partial charge >= 0.3 is 5.97 Å². The number of anilines is 1. The molecule has 4 aromatic carbocycles. The smallest absolute Gasteiger partial charge is 0.306 e. The Kier molecular flexibility index (Phi) is 9.68. The molecule has 3 N–H and O–H groups in total. The monoisotopic (exact) mass is 559 g/mol. The zero-order valence-corrected chi connectivity index (χ0v) is 22.1. The van der Waals surface area contributed by atoms with Crippen molar-refractivity contribution in [2.45, 2.75) is 19.3 Å². The molecule has 0 saturated carbocycles. The number of hydrazine groups is 1. The van der Waals surface area contributed by atoms with Gasteiger partial charge in [-0.2, -0.15) is 0 Å². The van der Waals surface area contributed by atoms with Gasteiger partial charge in [0.05, 0.1) is 10.6 Å². The highest BCUT2D eigenvalue weighted by Crippen LogP contribution is 2.26. The summed E-state index contributed by atoms with van der Waals surface area (Å²) in [6.07, 6.45) is 0.272. The molecule has 9 nitrogen and oxygen atoms in total. The van der Waals surface area contributed by atoms with E-state index in [1.807, 2.05) is 42.5 Å². The molecule has 0 atom stereocenters. The lowest BCUT2D eigenvalue weighted by Gasteiger charge is -2.09. The van der Waals surface area contributed by atoms with Crippen LogP contribution >= 0.6 is 11.6 Å². The van der Waals surface area contributed by atoms with E-state index in [0.717, 1.165) is 10.8 Å². The number of carbonyl (C=O) groups excluding carboxylic acids is 4. The van der Waals surface area contributed by atoms with Gasteiger partial charge in [-0.25, -0.2) is 0 Å². The molecule has 0 radical (unpaired) electrons. The first kappa shape index (κ1) is 28.1. The fourth-order valence-corrected chi connectivity index (χ4v) is 3.91. The molecule has 0 bridgehead atoms. The van der Waals surface area contributed by atoms with E-state index in [4.69, 9.17) is 21.1 Å². The van der Waals surface area contributed by atoms with Crippen LogP contribution in [-0.2, 0) is 19.1 Å². The van der Waals surface area contributed by atoms with Crippen molar-refractivity contribution in [1.29, 1.82) is 0 Å². The van der Waals surface area contributed by atoms with Crippen LogP contribution in [0, 0.1) is 0 Å². The fourth-order valence-electron chi connectivity index (χ4n) is 3.68. The highest BCUT2D eigenvalue weighted by Gasteiger charge is 2.13. The molecule has 0 saturated heterocycles. The van der Waals surface area contributed by atoms with Crippen LogP contribution < -0.4 is 20.9 Å². The maximum atomic E-state index is 12.2. The summed E-state index contributed by atoms with van der Waals surface area (Å²) in [5.74, 6) is -0.903. The van der Waals surface area contributed by atoms with E-state index in [1.165, 1.54) is 6.07 Å². The highest BCUT2D eigenvalue weighted by atomic mass is 35.5. The van der Waals surface area contributed by atoms with E-state index in [1.54, 1.807) is 42.5 Å². The molecule has 0 unspecified atom stereocenters. The third-order valence-electron chi connectivity index (χ3n) is 5.68. The van der Waals surface area contributed by atoms with Crippen LogP contribution in [0.2, 0.25) is 5.02 Å². The van der Waals surface area contributed by atoms with Crippen molar-refractivity contribution >= 4 is 51.8 Å². The number of esters is 1. The van der Waals surface area contributed by atoms with Gasteiger partial charge in [0.15, 0.2) is 6.61 Å². The fraction of sp³-hybridized carbons (Fsp3) is 0.133. The van der Waals surface area contributed by atoms with E-state index in [-0.39, 0.29) is 35.8 Å². The van der Waals surface area contributed by atoms with Crippen molar-refractivity contribution in [3.05, 3.63) is 102 Å². The first-order valence-electron chi connectivity index (χ1n) is 12.4. The number of rotatable bonds is 10. The maximum Gasteiger partial charge on any atom is 0.306 e. The molecule has 0 aromatic heterocycles. The van der Waals surface area contributed by atoms with Crippen LogP contribution in [0.25, 0.3) is 10.8 Å². The molecule has 0 aliphatic heterocycles. The van der Waals surface area contributed by atoms with Crippen LogP contribution in [-0.4, -0.2) is 30.3 Å². The molecule has 0 heterocycles. The van der Waals surface area contributed by atoms with Crippen molar-refractivity contribution in [2.75, 3.05) is 11.9 Å². The minimum Gasteiger partial charge on any atom is -0.457 e. The van der Waals surface area contributed by atoms with Gasteiger partial charge in [0, 0.05) is 18.5 Å². The number of fused-ring (bicyclic) bond motifs is 1. The van der Waals surface area contributed by atoms with Crippen LogP contribution in [0.4, 0.5) is 5.69 Å². The van der Waals surface area contributed by atoms with Crippen LogP contribution in [0.1, 0.15) is 29.6 Å². The zero-order chi connectivity index (χ0) is 28.3. The minimum atomic E-state index is -0.723. The Balaban J connectivity index is 1.11. The second kappa shape index (κ2) is 13.8. The van der Waals surface area contributed by atoms with Crippen molar-refractivity contribution in [1.82, 2.24) is 10.9 Å². The standard InChI is InChI=1S/C30H26ClN3O6/c31-26-9-4-3-8-25(26)30(38)34-33-28(36)19-39-29(37)11-5-10-27(35)32-22-13-16-23(17-14-22)40-24-15-12-20-6-1-2-7-21(20)18-24/h1-4,6-9,12-18H,5,10-11,19H2,(H,32,35)(H,33,36)(H,34,38). The van der Waals surface area contributed by atoms with Gasteiger partial charge in [-0.1, -0.05) is 54.1 Å². The molecule has 40 heavy (non-hydrogen) atoms. The summed E-state index contributed by atoms with van der Waals surface area (Å²) in [6.45, 7) is -0.582. The molecule has 10 heteroatoms. The van der Waals surface area contributed by atoms with Gasteiger partial charge in [-0.3, -0.25) is 30.0 Å². The number of nitrogens with one attached hydrogen (secondary N) is 3. The summed E-state index contributed by atoms with van der Waals surface area (Å²) in [5.41, 5.74) is 5.11. The molecule has 0 aliphatic carbocycles. The van der Waals surface area contributed by atoms with Gasteiger partial charge in [0.2, 0.25) is 5.91 Å².